The van der Waals surface area contributed by atoms with Gasteiger partial charge in [-0.2, -0.15) is 4.98 Å². The van der Waals surface area contributed by atoms with Gasteiger partial charge < -0.3 is 15.4 Å². The molecule has 3 N–H and O–H groups in total. The second-order valence-electron chi connectivity index (χ2n) is 4.65. The van der Waals surface area contributed by atoms with E-state index in [-0.39, 0.29) is 5.89 Å². The Morgan fingerprint density at radius 3 is 2.42 bits per heavy atom. The molecular formula is C13H16BrN3O2. The molecule has 102 valence electrons. The number of aliphatic hydroxyl groups is 1. The number of hydrogen-bond donors (Lipinski definition) is 2. The lowest BCUT2D eigenvalue weighted by Crippen LogP contribution is -2.23. The molecule has 0 saturated heterocycles. The van der Waals surface area contributed by atoms with Gasteiger partial charge in [-0.15, -0.1) is 0 Å². The monoisotopic (exact) mass is 325 g/mol. The van der Waals surface area contributed by atoms with E-state index in [1.807, 2.05) is 26.0 Å². The van der Waals surface area contributed by atoms with Crippen molar-refractivity contribution in [2.45, 2.75) is 32.9 Å². The highest BCUT2D eigenvalue weighted by molar-refractivity contribution is 9.10. The van der Waals surface area contributed by atoms with E-state index >= 15 is 0 Å². The second-order valence-corrected chi connectivity index (χ2v) is 5.44. The summed E-state index contributed by atoms with van der Waals surface area (Å²) in [5.41, 5.74) is 8.82. The number of rotatable bonds is 3. The molecule has 0 saturated carbocycles. The summed E-state index contributed by atoms with van der Waals surface area (Å²) in [5, 5.41) is 13.3. The number of aryl methyl sites for hydroxylation is 2. The quantitative estimate of drug-likeness (QED) is 0.905. The van der Waals surface area contributed by atoms with Crippen LogP contribution >= 0.6 is 15.9 Å². The van der Waals surface area contributed by atoms with Gasteiger partial charge in [-0.3, -0.25) is 0 Å². The summed E-state index contributed by atoms with van der Waals surface area (Å²) < 4.78 is 6.16. The Morgan fingerprint density at radius 2 is 1.89 bits per heavy atom. The molecule has 2 unspecified atom stereocenters. The molecule has 0 radical (unpaired) electrons. The van der Waals surface area contributed by atoms with Crippen molar-refractivity contribution in [3.8, 4) is 11.4 Å². The van der Waals surface area contributed by atoms with E-state index in [4.69, 9.17) is 10.3 Å². The van der Waals surface area contributed by atoms with Gasteiger partial charge in [-0.1, -0.05) is 21.1 Å². The zero-order valence-corrected chi connectivity index (χ0v) is 12.6. The molecule has 0 spiro atoms. The first-order valence-electron chi connectivity index (χ1n) is 5.94. The highest BCUT2D eigenvalue weighted by Gasteiger charge is 2.20. The third-order valence-corrected chi connectivity index (χ3v) is 4.19. The Balaban J connectivity index is 2.38. The van der Waals surface area contributed by atoms with Crippen LogP contribution in [0.15, 0.2) is 21.1 Å². The minimum absolute atomic E-state index is 0.239. The summed E-state index contributed by atoms with van der Waals surface area (Å²) in [6.07, 6.45) is -0.735. The molecule has 0 aliphatic rings. The van der Waals surface area contributed by atoms with E-state index in [0.29, 0.717) is 5.82 Å². The smallest absolute Gasteiger partial charge is 0.246 e. The van der Waals surface area contributed by atoms with Gasteiger partial charge in [-0.25, -0.2) is 0 Å². The van der Waals surface area contributed by atoms with E-state index < -0.39 is 12.1 Å². The van der Waals surface area contributed by atoms with Crippen LogP contribution in [0.2, 0.25) is 0 Å². The first-order valence-corrected chi connectivity index (χ1v) is 6.74. The summed E-state index contributed by atoms with van der Waals surface area (Å²) in [5.74, 6) is 0.716. The maximum absolute atomic E-state index is 9.42. The van der Waals surface area contributed by atoms with E-state index in [1.165, 1.54) is 0 Å². The van der Waals surface area contributed by atoms with Gasteiger partial charge in [0.15, 0.2) is 0 Å². The maximum Gasteiger partial charge on any atom is 0.246 e. The highest BCUT2D eigenvalue weighted by atomic mass is 79.9. The minimum atomic E-state index is -0.735. The number of nitrogens with zero attached hydrogens (tertiary/aromatic N) is 2. The molecule has 0 amide bonds. The largest absolute Gasteiger partial charge is 0.391 e. The van der Waals surface area contributed by atoms with Crippen LogP contribution in [-0.2, 0) is 0 Å². The number of aromatic nitrogens is 2. The molecule has 19 heavy (non-hydrogen) atoms. The number of nitrogens with two attached hydrogens (primary N) is 1. The van der Waals surface area contributed by atoms with Crippen molar-refractivity contribution in [2.24, 2.45) is 5.73 Å². The Morgan fingerprint density at radius 1 is 1.32 bits per heavy atom. The van der Waals surface area contributed by atoms with Gasteiger partial charge in [-0.05, 0) is 44.0 Å². The fraction of sp³-hybridized carbons (Fsp3) is 0.385. The van der Waals surface area contributed by atoms with E-state index in [0.717, 1.165) is 21.2 Å². The zero-order valence-electron chi connectivity index (χ0n) is 11.0. The van der Waals surface area contributed by atoms with Crippen LogP contribution in [0.3, 0.4) is 0 Å². The molecule has 0 aliphatic carbocycles. The number of hydrogen-bond acceptors (Lipinski definition) is 5. The molecule has 1 heterocycles. The van der Waals surface area contributed by atoms with Gasteiger partial charge in [0.2, 0.25) is 11.7 Å². The molecule has 6 heteroatoms. The zero-order chi connectivity index (χ0) is 14.2. The maximum atomic E-state index is 9.42. The number of benzene rings is 1. The van der Waals surface area contributed by atoms with Gasteiger partial charge in [0.25, 0.3) is 0 Å². The SMILES string of the molecule is Cc1cc(-c2noc(C(N)C(C)O)n2)cc(C)c1Br. The van der Waals surface area contributed by atoms with Gasteiger partial charge in [0, 0.05) is 10.0 Å². The lowest BCUT2D eigenvalue weighted by Gasteiger charge is -2.08. The van der Waals surface area contributed by atoms with Crippen molar-refractivity contribution in [1.82, 2.24) is 10.1 Å². The average molecular weight is 326 g/mol. The highest BCUT2D eigenvalue weighted by Crippen LogP contribution is 2.27. The normalized spacial score (nSPS) is 14.4. The van der Waals surface area contributed by atoms with Gasteiger partial charge >= 0.3 is 0 Å². The summed E-state index contributed by atoms with van der Waals surface area (Å²) in [6.45, 7) is 5.59. The number of halogens is 1. The first kappa shape index (κ1) is 14.2. The topological polar surface area (TPSA) is 85.2 Å². The summed E-state index contributed by atoms with van der Waals surface area (Å²) in [6, 6.07) is 3.28. The third-order valence-electron chi connectivity index (χ3n) is 2.94. The lowest BCUT2D eigenvalue weighted by atomic mass is 10.1. The molecule has 0 bridgehead atoms. The van der Waals surface area contributed by atoms with Crippen LogP contribution in [0.25, 0.3) is 11.4 Å². The van der Waals surface area contributed by atoms with Crippen molar-refractivity contribution in [3.05, 3.63) is 33.6 Å². The Bertz CT molecular complexity index is 572. The van der Waals surface area contributed by atoms with Crippen LogP contribution in [0.4, 0.5) is 0 Å². The number of aliphatic hydroxyl groups excluding tert-OH is 1. The predicted octanol–water partition coefficient (Wildman–Crippen LogP) is 2.50. The molecule has 0 aliphatic heterocycles. The molecule has 1 aromatic carbocycles. The van der Waals surface area contributed by atoms with Crippen LogP contribution in [-0.4, -0.2) is 21.4 Å². The predicted molar refractivity (Wildman–Crippen MR) is 75.5 cm³/mol. The molecule has 1 aromatic heterocycles. The van der Waals surface area contributed by atoms with E-state index in [9.17, 15) is 5.11 Å². The van der Waals surface area contributed by atoms with Crippen molar-refractivity contribution in [3.63, 3.8) is 0 Å². The van der Waals surface area contributed by atoms with Crippen molar-refractivity contribution in [1.29, 1.82) is 0 Å². The minimum Gasteiger partial charge on any atom is -0.391 e. The van der Waals surface area contributed by atoms with Gasteiger partial charge in [0.05, 0.1) is 6.10 Å². The molecule has 2 aromatic rings. The molecule has 0 fully saturated rings. The summed E-state index contributed by atoms with van der Waals surface area (Å²) in [7, 11) is 0. The average Bonchev–Trinajstić information content (AvgIpc) is 2.83. The van der Waals surface area contributed by atoms with Crippen LogP contribution in [0.5, 0.6) is 0 Å². The van der Waals surface area contributed by atoms with Crippen molar-refractivity contribution >= 4 is 15.9 Å². The van der Waals surface area contributed by atoms with Crippen LogP contribution < -0.4 is 5.73 Å². The Labute approximate surface area is 119 Å². The fourth-order valence-corrected chi connectivity index (χ4v) is 2.00. The molecule has 5 nitrogen and oxygen atoms in total. The van der Waals surface area contributed by atoms with Crippen LogP contribution in [0, 0.1) is 13.8 Å². The van der Waals surface area contributed by atoms with Crippen molar-refractivity contribution in [2.75, 3.05) is 0 Å². The summed E-state index contributed by atoms with van der Waals surface area (Å²) in [4.78, 5) is 4.24. The van der Waals surface area contributed by atoms with Crippen LogP contribution in [0.1, 0.15) is 30.0 Å². The van der Waals surface area contributed by atoms with E-state index in [1.54, 1.807) is 6.92 Å². The second kappa shape index (κ2) is 5.40. The molecule has 2 atom stereocenters. The summed E-state index contributed by atoms with van der Waals surface area (Å²) >= 11 is 3.52. The standard InChI is InChI=1S/C13H16BrN3O2/c1-6-4-9(5-7(2)10(6)14)12-16-13(19-17-12)11(15)8(3)18/h4-5,8,11,18H,15H2,1-3H3. The molecular weight excluding hydrogens is 310 g/mol. The Hall–Kier alpha value is -1.24. The molecule has 2 rings (SSSR count). The van der Waals surface area contributed by atoms with E-state index in [2.05, 4.69) is 26.1 Å². The third kappa shape index (κ3) is 2.86. The lowest BCUT2D eigenvalue weighted by molar-refractivity contribution is 0.146. The Kier molecular flexibility index (Phi) is 4.03. The first-order chi connectivity index (χ1) is 8.90. The fourth-order valence-electron chi connectivity index (χ4n) is 1.77. The van der Waals surface area contributed by atoms with Crippen molar-refractivity contribution < 1.29 is 9.63 Å². The van der Waals surface area contributed by atoms with Gasteiger partial charge in [0.1, 0.15) is 6.04 Å².